The van der Waals surface area contributed by atoms with E-state index in [0.29, 0.717) is 13.3 Å². The highest BCUT2D eigenvalue weighted by Gasteiger charge is 2.44. The Labute approximate surface area is 96.4 Å². The SMILES string of the molecule is COC(=O)c1c(C(F)(F)F)ccnc1C(F)(F)F. The van der Waals surface area contributed by atoms with Gasteiger partial charge in [-0.1, -0.05) is 0 Å². The summed E-state index contributed by atoms with van der Waals surface area (Å²) in [6, 6.07) is 0.279. The number of carbonyl (C=O) groups is 1. The van der Waals surface area contributed by atoms with Crippen molar-refractivity contribution < 1.29 is 35.9 Å². The molecule has 0 N–H and O–H groups in total. The molecule has 1 aromatic heterocycles. The van der Waals surface area contributed by atoms with E-state index < -0.39 is 35.1 Å². The van der Waals surface area contributed by atoms with Crippen LogP contribution in [0.2, 0.25) is 0 Å². The third-order valence-electron chi connectivity index (χ3n) is 1.91. The number of hydrogen-bond donors (Lipinski definition) is 0. The summed E-state index contributed by atoms with van der Waals surface area (Å²) in [5.41, 5.74) is -5.30. The highest BCUT2D eigenvalue weighted by molar-refractivity contribution is 5.92. The second kappa shape index (κ2) is 4.46. The molecule has 0 aliphatic heterocycles. The van der Waals surface area contributed by atoms with Crippen LogP contribution >= 0.6 is 0 Å². The molecule has 18 heavy (non-hydrogen) atoms. The summed E-state index contributed by atoms with van der Waals surface area (Å²) in [5, 5.41) is 0. The van der Waals surface area contributed by atoms with Gasteiger partial charge in [0.15, 0.2) is 5.69 Å². The average Bonchev–Trinajstić information content (AvgIpc) is 2.24. The van der Waals surface area contributed by atoms with Crippen molar-refractivity contribution in [2.24, 2.45) is 0 Å². The molecule has 0 bridgehead atoms. The van der Waals surface area contributed by atoms with Crippen molar-refractivity contribution in [3.05, 3.63) is 29.1 Å². The smallest absolute Gasteiger partial charge is 0.434 e. The summed E-state index contributed by atoms with van der Waals surface area (Å²) in [6.45, 7) is 0. The number of pyridine rings is 1. The highest BCUT2D eigenvalue weighted by atomic mass is 19.4. The molecule has 1 heterocycles. The normalized spacial score (nSPS) is 12.4. The molecule has 9 heteroatoms. The first kappa shape index (κ1) is 14.3. The lowest BCUT2D eigenvalue weighted by Gasteiger charge is -2.15. The Morgan fingerprint density at radius 3 is 2.11 bits per heavy atom. The van der Waals surface area contributed by atoms with Crippen LogP contribution in [0.15, 0.2) is 12.3 Å². The Balaban J connectivity index is 3.61. The standard InChI is InChI=1S/C9H5F6NO2/c1-18-7(17)5-4(8(10,11)12)2-3-16-6(5)9(13,14)15/h2-3H,1H3. The van der Waals surface area contributed by atoms with Gasteiger partial charge in [-0.05, 0) is 6.07 Å². The molecule has 0 aliphatic carbocycles. The number of ether oxygens (including phenoxy) is 1. The third-order valence-corrected chi connectivity index (χ3v) is 1.91. The van der Waals surface area contributed by atoms with Gasteiger partial charge in [-0.25, -0.2) is 4.79 Å². The Morgan fingerprint density at radius 2 is 1.72 bits per heavy atom. The predicted molar refractivity (Wildman–Crippen MR) is 45.6 cm³/mol. The summed E-state index contributed by atoms with van der Waals surface area (Å²) >= 11 is 0. The lowest BCUT2D eigenvalue weighted by molar-refractivity contribution is -0.146. The van der Waals surface area contributed by atoms with Crippen molar-refractivity contribution >= 4 is 5.97 Å². The quantitative estimate of drug-likeness (QED) is 0.583. The number of alkyl halides is 6. The zero-order chi connectivity index (χ0) is 14.1. The second-order valence-corrected chi connectivity index (χ2v) is 3.07. The van der Waals surface area contributed by atoms with Crippen molar-refractivity contribution in [1.82, 2.24) is 4.98 Å². The summed E-state index contributed by atoms with van der Waals surface area (Å²) in [7, 11) is 0.676. The van der Waals surface area contributed by atoms with Gasteiger partial charge < -0.3 is 4.74 Å². The Morgan fingerprint density at radius 1 is 1.17 bits per heavy atom. The molecule has 0 atom stereocenters. The first-order valence-corrected chi connectivity index (χ1v) is 4.30. The summed E-state index contributed by atoms with van der Waals surface area (Å²) in [4.78, 5) is 13.9. The van der Waals surface area contributed by atoms with E-state index in [-0.39, 0.29) is 6.07 Å². The molecule has 0 saturated heterocycles. The molecule has 0 aromatic carbocycles. The molecule has 1 aromatic rings. The molecule has 3 nitrogen and oxygen atoms in total. The zero-order valence-corrected chi connectivity index (χ0v) is 8.69. The van der Waals surface area contributed by atoms with Crippen LogP contribution in [0.3, 0.4) is 0 Å². The van der Waals surface area contributed by atoms with Gasteiger partial charge in [0.05, 0.1) is 12.7 Å². The van der Waals surface area contributed by atoms with E-state index in [1.165, 1.54) is 0 Å². The van der Waals surface area contributed by atoms with Gasteiger partial charge in [0, 0.05) is 6.20 Å². The van der Waals surface area contributed by atoms with E-state index in [1.807, 2.05) is 0 Å². The molecular weight excluding hydrogens is 268 g/mol. The molecule has 0 spiro atoms. The van der Waals surface area contributed by atoms with E-state index in [2.05, 4.69) is 9.72 Å². The minimum absolute atomic E-state index is 0.279. The number of hydrogen-bond acceptors (Lipinski definition) is 3. The van der Waals surface area contributed by atoms with Crippen molar-refractivity contribution in [3.63, 3.8) is 0 Å². The molecule has 0 radical (unpaired) electrons. The molecule has 0 amide bonds. The number of esters is 1. The molecule has 0 fully saturated rings. The van der Waals surface area contributed by atoms with Crippen LogP contribution in [0.4, 0.5) is 26.3 Å². The fourth-order valence-electron chi connectivity index (χ4n) is 1.22. The first-order chi connectivity index (χ1) is 8.09. The molecule has 0 aliphatic rings. The fourth-order valence-corrected chi connectivity index (χ4v) is 1.22. The number of carbonyl (C=O) groups excluding carboxylic acids is 1. The third kappa shape index (κ3) is 2.71. The summed E-state index contributed by atoms with van der Waals surface area (Å²) < 4.78 is 78.9. The van der Waals surface area contributed by atoms with Gasteiger partial charge in [0.25, 0.3) is 0 Å². The number of rotatable bonds is 1. The molecule has 100 valence electrons. The Bertz CT molecular complexity index is 433. The maximum atomic E-state index is 12.5. The van der Waals surface area contributed by atoms with E-state index in [0.717, 1.165) is 0 Å². The maximum Gasteiger partial charge on any atom is 0.434 e. The minimum atomic E-state index is -5.19. The van der Waals surface area contributed by atoms with Crippen LogP contribution in [0, 0.1) is 0 Å². The van der Waals surface area contributed by atoms with Crippen molar-refractivity contribution in [3.8, 4) is 0 Å². The minimum Gasteiger partial charge on any atom is -0.465 e. The van der Waals surface area contributed by atoms with Crippen LogP contribution < -0.4 is 0 Å². The topological polar surface area (TPSA) is 39.2 Å². The fraction of sp³-hybridized carbons (Fsp3) is 0.333. The van der Waals surface area contributed by atoms with Crippen molar-refractivity contribution in [2.75, 3.05) is 7.11 Å². The zero-order valence-electron chi connectivity index (χ0n) is 8.69. The van der Waals surface area contributed by atoms with Crippen molar-refractivity contribution in [2.45, 2.75) is 12.4 Å². The summed E-state index contributed by atoms with van der Waals surface area (Å²) in [6.07, 6.45) is -9.98. The molecule has 0 unspecified atom stereocenters. The maximum absolute atomic E-state index is 12.5. The Hall–Kier alpha value is -1.80. The van der Waals surface area contributed by atoms with Gasteiger partial charge in [0.2, 0.25) is 0 Å². The van der Waals surface area contributed by atoms with Gasteiger partial charge in [-0.3, -0.25) is 4.98 Å². The van der Waals surface area contributed by atoms with E-state index in [1.54, 1.807) is 0 Å². The predicted octanol–water partition coefficient (Wildman–Crippen LogP) is 2.91. The number of aromatic nitrogens is 1. The average molecular weight is 273 g/mol. The lowest BCUT2D eigenvalue weighted by atomic mass is 10.1. The monoisotopic (exact) mass is 273 g/mol. The van der Waals surface area contributed by atoms with E-state index >= 15 is 0 Å². The van der Waals surface area contributed by atoms with Crippen LogP contribution in [-0.4, -0.2) is 18.1 Å². The Kier molecular flexibility index (Phi) is 3.54. The number of methoxy groups -OCH3 is 1. The van der Waals surface area contributed by atoms with Crippen LogP contribution in [0.25, 0.3) is 0 Å². The van der Waals surface area contributed by atoms with Gasteiger partial charge in [-0.2, -0.15) is 26.3 Å². The highest BCUT2D eigenvalue weighted by Crippen LogP contribution is 2.38. The molecule has 1 rings (SSSR count). The van der Waals surface area contributed by atoms with Crippen LogP contribution in [0.5, 0.6) is 0 Å². The van der Waals surface area contributed by atoms with Gasteiger partial charge in [-0.15, -0.1) is 0 Å². The van der Waals surface area contributed by atoms with E-state index in [9.17, 15) is 31.1 Å². The van der Waals surface area contributed by atoms with Gasteiger partial charge >= 0.3 is 18.3 Å². The van der Waals surface area contributed by atoms with Gasteiger partial charge in [0.1, 0.15) is 5.56 Å². The summed E-state index contributed by atoms with van der Waals surface area (Å²) in [5.74, 6) is -1.75. The van der Waals surface area contributed by atoms with Crippen molar-refractivity contribution in [1.29, 1.82) is 0 Å². The lowest BCUT2D eigenvalue weighted by Crippen LogP contribution is -2.22. The number of halogens is 6. The molecule has 0 saturated carbocycles. The van der Waals surface area contributed by atoms with Crippen LogP contribution in [-0.2, 0) is 17.1 Å². The van der Waals surface area contributed by atoms with E-state index in [4.69, 9.17) is 0 Å². The number of nitrogens with zero attached hydrogens (tertiary/aromatic N) is 1. The van der Waals surface area contributed by atoms with Crippen LogP contribution in [0.1, 0.15) is 21.6 Å². The first-order valence-electron chi connectivity index (χ1n) is 4.30. The molecular formula is C9H5F6NO2. The second-order valence-electron chi connectivity index (χ2n) is 3.07. The largest absolute Gasteiger partial charge is 0.465 e.